The largest absolute Gasteiger partial charge is 0.372 e. The van der Waals surface area contributed by atoms with Crippen molar-refractivity contribution in [1.82, 2.24) is 4.31 Å². The van der Waals surface area contributed by atoms with Crippen LogP contribution >= 0.6 is 0 Å². The summed E-state index contributed by atoms with van der Waals surface area (Å²) in [7, 11) is -2.16. The highest BCUT2D eigenvalue weighted by Gasteiger charge is 2.30. The predicted molar refractivity (Wildman–Crippen MR) is 74.6 cm³/mol. The van der Waals surface area contributed by atoms with E-state index >= 15 is 0 Å². The molecule has 1 aromatic carbocycles. The number of hydrogen-bond donors (Lipinski definition) is 0. The summed E-state index contributed by atoms with van der Waals surface area (Å²) in [5.74, 6) is -0.506. The predicted octanol–water partition coefficient (Wildman–Crippen LogP) is 2.19. The van der Waals surface area contributed by atoms with Crippen LogP contribution in [0.4, 0.5) is 4.39 Å². The van der Waals surface area contributed by atoms with Crippen LogP contribution in [0.5, 0.6) is 0 Å². The van der Waals surface area contributed by atoms with Crippen molar-refractivity contribution in [3.8, 4) is 0 Å². The van der Waals surface area contributed by atoms with Gasteiger partial charge in [0.1, 0.15) is 5.82 Å². The summed E-state index contributed by atoms with van der Waals surface area (Å²) < 4.78 is 44.6. The summed E-state index contributed by atoms with van der Waals surface area (Å²) >= 11 is 0. The van der Waals surface area contributed by atoms with Gasteiger partial charge in [-0.15, -0.1) is 0 Å². The van der Waals surface area contributed by atoms with Crippen LogP contribution in [0.2, 0.25) is 0 Å². The van der Waals surface area contributed by atoms with Crippen molar-refractivity contribution in [2.45, 2.75) is 37.2 Å². The minimum atomic E-state index is -3.65. The van der Waals surface area contributed by atoms with E-state index in [9.17, 15) is 12.8 Å². The first-order valence-electron chi connectivity index (χ1n) is 6.81. The molecule has 1 aliphatic rings. The third kappa shape index (κ3) is 3.77. The first-order valence-corrected chi connectivity index (χ1v) is 8.25. The molecule has 0 amide bonds. The van der Waals surface area contributed by atoms with E-state index in [1.165, 1.54) is 17.4 Å². The molecule has 0 radical (unpaired) electrons. The molecule has 0 unspecified atom stereocenters. The minimum absolute atomic E-state index is 0.0201. The normalized spacial score (nSPS) is 18.5. The van der Waals surface area contributed by atoms with Crippen molar-refractivity contribution in [2.24, 2.45) is 0 Å². The van der Waals surface area contributed by atoms with Crippen molar-refractivity contribution in [2.75, 3.05) is 20.2 Å². The van der Waals surface area contributed by atoms with Gasteiger partial charge in [0.25, 0.3) is 0 Å². The summed E-state index contributed by atoms with van der Waals surface area (Å²) in [4.78, 5) is 0.0201. The molecule has 1 aliphatic heterocycles. The molecular formula is C14H20FNO3S. The molecule has 0 N–H and O–H groups in total. The molecule has 0 saturated carbocycles. The Kier molecular flexibility index (Phi) is 4.78. The molecule has 6 heteroatoms. The molecule has 0 aliphatic carbocycles. The lowest BCUT2D eigenvalue weighted by atomic mass is 10.1. The number of aryl methyl sites for hydroxylation is 1. The SMILES string of the molecule is CCCCc1cc(F)cc(S(=O)(=O)N(C)C[C@H]2CO2)c1. The van der Waals surface area contributed by atoms with E-state index in [2.05, 4.69) is 0 Å². The molecule has 1 atom stereocenters. The fourth-order valence-electron chi connectivity index (χ4n) is 2.03. The van der Waals surface area contributed by atoms with Crippen molar-refractivity contribution in [3.63, 3.8) is 0 Å². The van der Waals surface area contributed by atoms with Gasteiger partial charge in [0, 0.05) is 13.6 Å². The molecule has 1 heterocycles. The minimum Gasteiger partial charge on any atom is -0.372 e. The number of nitrogens with zero attached hydrogens (tertiary/aromatic N) is 1. The van der Waals surface area contributed by atoms with Crippen LogP contribution in [0.1, 0.15) is 25.3 Å². The molecule has 1 fully saturated rings. The average Bonchev–Trinajstić information content (AvgIpc) is 3.19. The highest BCUT2D eigenvalue weighted by Crippen LogP contribution is 2.21. The molecule has 0 spiro atoms. The maximum atomic E-state index is 13.6. The Bertz CT molecular complexity index is 570. The van der Waals surface area contributed by atoms with Crippen LogP contribution in [-0.4, -0.2) is 39.0 Å². The topological polar surface area (TPSA) is 49.9 Å². The van der Waals surface area contributed by atoms with E-state index in [4.69, 9.17) is 4.74 Å². The average molecular weight is 301 g/mol. The summed E-state index contributed by atoms with van der Waals surface area (Å²) in [5, 5.41) is 0. The highest BCUT2D eigenvalue weighted by molar-refractivity contribution is 7.89. The van der Waals surface area contributed by atoms with Crippen LogP contribution < -0.4 is 0 Å². The van der Waals surface area contributed by atoms with Crippen molar-refractivity contribution in [1.29, 1.82) is 0 Å². The smallest absolute Gasteiger partial charge is 0.243 e. The number of rotatable bonds is 7. The number of unbranched alkanes of at least 4 members (excludes halogenated alkanes) is 1. The van der Waals surface area contributed by atoms with E-state index in [0.717, 1.165) is 24.5 Å². The molecule has 1 aromatic rings. The standard InChI is InChI=1S/C14H20FNO3S/c1-3-4-5-11-6-12(15)8-14(7-11)20(17,18)16(2)9-13-10-19-13/h6-8,13H,3-5,9-10H2,1-2H3/t13-/m0/s1. The van der Waals surface area contributed by atoms with Crippen molar-refractivity contribution in [3.05, 3.63) is 29.6 Å². The van der Waals surface area contributed by atoms with Crippen LogP contribution in [0, 0.1) is 5.82 Å². The Balaban J connectivity index is 2.22. The zero-order valence-electron chi connectivity index (χ0n) is 11.8. The molecule has 2 rings (SSSR count). The lowest BCUT2D eigenvalue weighted by Gasteiger charge is -2.16. The monoisotopic (exact) mass is 301 g/mol. The molecule has 4 nitrogen and oxygen atoms in total. The number of likely N-dealkylation sites (N-methyl/N-ethyl adjacent to an activating group) is 1. The Morgan fingerprint density at radius 1 is 1.40 bits per heavy atom. The molecule has 112 valence electrons. The fraction of sp³-hybridized carbons (Fsp3) is 0.571. The lowest BCUT2D eigenvalue weighted by Crippen LogP contribution is -2.30. The number of sulfonamides is 1. The number of benzene rings is 1. The third-order valence-electron chi connectivity index (χ3n) is 3.32. The number of ether oxygens (including phenoxy) is 1. The lowest BCUT2D eigenvalue weighted by molar-refractivity contribution is 0.359. The quantitative estimate of drug-likeness (QED) is 0.725. The maximum Gasteiger partial charge on any atom is 0.243 e. The number of halogens is 1. The van der Waals surface area contributed by atoms with Gasteiger partial charge in [0.15, 0.2) is 0 Å². The molecular weight excluding hydrogens is 281 g/mol. The molecule has 0 aromatic heterocycles. The van der Waals surface area contributed by atoms with Gasteiger partial charge in [0.2, 0.25) is 10.0 Å². The van der Waals surface area contributed by atoms with Gasteiger partial charge in [-0.25, -0.2) is 12.8 Å². The van der Waals surface area contributed by atoms with Crippen molar-refractivity contribution >= 4 is 10.0 Å². The second-order valence-electron chi connectivity index (χ2n) is 5.14. The first-order chi connectivity index (χ1) is 9.43. The second-order valence-corrected chi connectivity index (χ2v) is 7.18. The van der Waals surface area contributed by atoms with Gasteiger partial charge < -0.3 is 4.74 Å². The fourth-order valence-corrected chi connectivity index (χ4v) is 3.32. The Labute approximate surface area is 119 Å². The van der Waals surface area contributed by atoms with E-state index in [-0.39, 0.29) is 11.0 Å². The van der Waals surface area contributed by atoms with Crippen LogP contribution in [0.3, 0.4) is 0 Å². The summed E-state index contributed by atoms with van der Waals surface area (Å²) in [6, 6.07) is 4.05. The van der Waals surface area contributed by atoms with Gasteiger partial charge in [-0.3, -0.25) is 0 Å². The zero-order valence-corrected chi connectivity index (χ0v) is 12.6. The summed E-state index contributed by atoms with van der Waals surface area (Å²) in [5.41, 5.74) is 0.724. The van der Waals surface area contributed by atoms with E-state index in [1.54, 1.807) is 6.07 Å². The highest BCUT2D eigenvalue weighted by atomic mass is 32.2. The third-order valence-corrected chi connectivity index (χ3v) is 5.12. The maximum absolute atomic E-state index is 13.6. The zero-order chi connectivity index (χ0) is 14.8. The van der Waals surface area contributed by atoms with Crippen LogP contribution in [0.15, 0.2) is 23.1 Å². The number of epoxide rings is 1. The van der Waals surface area contributed by atoms with Crippen LogP contribution in [0.25, 0.3) is 0 Å². The molecule has 1 saturated heterocycles. The Hall–Kier alpha value is -0.980. The van der Waals surface area contributed by atoms with Crippen molar-refractivity contribution < 1.29 is 17.5 Å². The number of hydrogen-bond acceptors (Lipinski definition) is 3. The van der Waals surface area contributed by atoms with E-state index < -0.39 is 15.8 Å². The van der Waals surface area contributed by atoms with Gasteiger partial charge in [-0.05, 0) is 36.6 Å². The van der Waals surface area contributed by atoms with E-state index in [1.807, 2.05) is 6.92 Å². The molecule has 20 heavy (non-hydrogen) atoms. The first kappa shape index (κ1) is 15.4. The summed E-state index contributed by atoms with van der Waals surface area (Å²) in [6.07, 6.45) is 2.56. The van der Waals surface area contributed by atoms with Gasteiger partial charge in [-0.1, -0.05) is 13.3 Å². The molecule has 0 bridgehead atoms. The van der Waals surface area contributed by atoms with Gasteiger partial charge >= 0.3 is 0 Å². The van der Waals surface area contributed by atoms with E-state index in [0.29, 0.717) is 19.6 Å². The Morgan fingerprint density at radius 3 is 2.70 bits per heavy atom. The van der Waals surface area contributed by atoms with Crippen LogP contribution in [-0.2, 0) is 21.2 Å². The van der Waals surface area contributed by atoms with Gasteiger partial charge in [0.05, 0.1) is 17.6 Å². The Morgan fingerprint density at radius 2 is 2.10 bits per heavy atom. The van der Waals surface area contributed by atoms with Gasteiger partial charge in [-0.2, -0.15) is 4.31 Å². The summed E-state index contributed by atoms with van der Waals surface area (Å²) in [6.45, 7) is 2.94. The second kappa shape index (κ2) is 6.20.